The van der Waals surface area contributed by atoms with Gasteiger partial charge in [-0.05, 0) is 60.4 Å². The molecule has 5 rings (SSSR count). The molecule has 1 heterocycles. The third-order valence-corrected chi connectivity index (χ3v) is 9.36. The number of anilines is 3. The van der Waals surface area contributed by atoms with E-state index in [1.807, 2.05) is 0 Å². The predicted octanol–water partition coefficient (Wildman–Crippen LogP) is 5.30. The Morgan fingerprint density at radius 3 is 2.20 bits per heavy atom. The van der Waals surface area contributed by atoms with E-state index in [9.17, 15) is 40.7 Å². The number of alkyl halides is 4. The van der Waals surface area contributed by atoms with Crippen LogP contribution < -0.4 is 24.6 Å². The fourth-order valence-electron chi connectivity index (χ4n) is 5.87. The first-order valence-electron chi connectivity index (χ1n) is 16.5. The number of aliphatic hydroxyl groups excluding tert-OH is 1. The van der Waals surface area contributed by atoms with Crippen LogP contribution in [0.4, 0.5) is 34.6 Å². The number of carbonyl (C=O) groups excluding carboxylic acids is 2. The van der Waals surface area contributed by atoms with E-state index in [1.54, 1.807) is 54.6 Å². The Balaban J connectivity index is 0.00000209. The molecule has 0 saturated carbocycles. The molecular weight excluding hydrogens is 736 g/mol. The third-order valence-electron chi connectivity index (χ3n) is 8.12. The summed E-state index contributed by atoms with van der Waals surface area (Å²) in [5, 5.41) is 24.1. The minimum atomic E-state index is -4.85. The van der Waals surface area contributed by atoms with E-state index in [0.717, 1.165) is 9.87 Å². The SMILES string of the molecule is O=C(N[C@@H](Cc1ccccc1)[C@H](O)CNCc1cccc(OC(F)(F)F)c1)c1cccc(N(c2ccccc2)S(=O)(=O)CF)c1N1CCCC1=O.O=CO. The second-order valence-electron chi connectivity index (χ2n) is 11.9. The molecule has 1 aliphatic rings. The summed E-state index contributed by atoms with van der Waals surface area (Å²) in [5.41, 5.74) is 1.13. The number of para-hydroxylation sites is 2. The summed E-state index contributed by atoms with van der Waals surface area (Å²) in [6.45, 7) is -0.0838. The van der Waals surface area contributed by atoms with Crippen LogP contribution in [0.25, 0.3) is 0 Å². The van der Waals surface area contributed by atoms with Crippen molar-refractivity contribution in [3.8, 4) is 5.75 Å². The zero-order valence-electron chi connectivity index (χ0n) is 28.7. The number of halogens is 4. The van der Waals surface area contributed by atoms with Crippen LogP contribution in [0.15, 0.2) is 103 Å². The maximum atomic E-state index is 14.2. The van der Waals surface area contributed by atoms with E-state index in [-0.39, 0.29) is 67.5 Å². The van der Waals surface area contributed by atoms with Crippen molar-refractivity contribution in [2.24, 2.45) is 0 Å². The minimum absolute atomic E-state index is 0.0228. The fourth-order valence-corrected chi connectivity index (χ4v) is 6.85. The van der Waals surface area contributed by atoms with Crippen molar-refractivity contribution in [2.75, 3.05) is 28.3 Å². The number of hydrogen-bond acceptors (Lipinski definition) is 8. The van der Waals surface area contributed by atoms with Crippen LogP contribution in [0.1, 0.15) is 34.3 Å². The van der Waals surface area contributed by atoms with Crippen LogP contribution in [0.5, 0.6) is 5.75 Å². The molecule has 1 saturated heterocycles. The van der Waals surface area contributed by atoms with E-state index < -0.39 is 46.2 Å². The molecule has 4 aromatic carbocycles. The molecule has 0 aliphatic carbocycles. The van der Waals surface area contributed by atoms with Gasteiger partial charge >= 0.3 is 6.36 Å². The van der Waals surface area contributed by atoms with Gasteiger partial charge < -0.3 is 30.5 Å². The monoisotopic (exact) mass is 774 g/mol. The van der Waals surface area contributed by atoms with Gasteiger partial charge in [-0.15, -0.1) is 13.2 Å². The van der Waals surface area contributed by atoms with Gasteiger partial charge in [0.1, 0.15) is 5.75 Å². The van der Waals surface area contributed by atoms with Gasteiger partial charge in [0.2, 0.25) is 11.9 Å². The van der Waals surface area contributed by atoms with Gasteiger partial charge in [0.05, 0.1) is 34.8 Å². The highest BCUT2D eigenvalue weighted by Gasteiger charge is 2.35. The largest absolute Gasteiger partial charge is 0.573 e. The van der Waals surface area contributed by atoms with Crippen molar-refractivity contribution >= 4 is 45.4 Å². The van der Waals surface area contributed by atoms with E-state index in [0.29, 0.717) is 12.0 Å². The third kappa shape index (κ3) is 11.2. The Morgan fingerprint density at radius 1 is 0.963 bits per heavy atom. The molecule has 0 aromatic heterocycles. The number of benzene rings is 4. The lowest BCUT2D eigenvalue weighted by Gasteiger charge is -2.31. The van der Waals surface area contributed by atoms with Crippen molar-refractivity contribution < 1.29 is 55.3 Å². The summed E-state index contributed by atoms with van der Waals surface area (Å²) in [6.07, 6.45) is -5.32. The molecule has 0 spiro atoms. The standard InChI is InChI=1S/C36H36F4N4O6S.CH2O2/c37-24-51(48,49)44(27-13-5-2-6-14-27)31-17-8-16-29(34(31)43-19-9-18-33(43)46)35(47)42-30(21-25-10-3-1-4-11-25)32(45)23-41-22-26-12-7-15-28(20-26)50-36(38,39)40;2-1-3/h1-8,10-17,20,30,32,41,45H,9,18-19,21-24H2,(H,42,47);1H,(H,2,3)/t30-,32+;/m0./s1. The molecule has 54 heavy (non-hydrogen) atoms. The zero-order valence-corrected chi connectivity index (χ0v) is 29.5. The number of nitrogens with one attached hydrogen (secondary N) is 2. The Kier molecular flexibility index (Phi) is 14.5. The van der Waals surface area contributed by atoms with Gasteiger partial charge in [-0.3, -0.25) is 14.4 Å². The molecule has 0 unspecified atom stereocenters. The minimum Gasteiger partial charge on any atom is -0.483 e. The lowest BCUT2D eigenvalue weighted by molar-refractivity contribution is -0.274. The number of carboxylic acid groups (broad SMARTS) is 1. The number of rotatable bonds is 15. The molecule has 17 heteroatoms. The van der Waals surface area contributed by atoms with E-state index >= 15 is 0 Å². The molecule has 1 fully saturated rings. The maximum absolute atomic E-state index is 14.2. The molecule has 288 valence electrons. The average molecular weight is 775 g/mol. The first kappa shape index (κ1) is 41.2. The summed E-state index contributed by atoms with van der Waals surface area (Å²) in [5.74, 6) is -1.47. The van der Waals surface area contributed by atoms with E-state index in [2.05, 4.69) is 15.4 Å². The highest BCUT2D eigenvalue weighted by molar-refractivity contribution is 7.93. The zero-order chi connectivity index (χ0) is 39.3. The molecule has 2 amide bonds. The van der Waals surface area contributed by atoms with Gasteiger partial charge in [0.25, 0.3) is 22.4 Å². The van der Waals surface area contributed by atoms with Gasteiger partial charge in [-0.1, -0.05) is 66.7 Å². The molecule has 0 radical (unpaired) electrons. The summed E-state index contributed by atoms with van der Waals surface area (Å²) >= 11 is 0. The van der Waals surface area contributed by atoms with E-state index in [4.69, 9.17) is 9.90 Å². The lowest BCUT2D eigenvalue weighted by atomic mass is 10.00. The van der Waals surface area contributed by atoms with Crippen LogP contribution in [0, 0.1) is 0 Å². The van der Waals surface area contributed by atoms with Crippen LogP contribution >= 0.6 is 0 Å². The van der Waals surface area contributed by atoms with Crippen molar-refractivity contribution in [3.63, 3.8) is 0 Å². The van der Waals surface area contributed by atoms with Gasteiger partial charge in [-0.2, -0.15) is 0 Å². The van der Waals surface area contributed by atoms with E-state index in [1.165, 1.54) is 53.4 Å². The summed E-state index contributed by atoms with van der Waals surface area (Å²) < 4.78 is 83.4. The predicted molar refractivity (Wildman–Crippen MR) is 192 cm³/mol. The highest BCUT2D eigenvalue weighted by atomic mass is 32.2. The second kappa shape index (κ2) is 19.0. The topological polar surface area (TPSA) is 166 Å². The van der Waals surface area contributed by atoms with Crippen molar-refractivity contribution in [1.82, 2.24) is 10.6 Å². The lowest BCUT2D eigenvalue weighted by Crippen LogP contribution is -2.49. The number of hydrogen-bond donors (Lipinski definition) is 4. The summed E-state index contributed by atoms with van der Waals surface area (Å²) in [7, 11) is -4.62. The quantitative estimate of drug-likeness (QED) is 0.0927. The molecule has 12 nitrogen and oxygen atoms in total. The van der Waals surface area contributed by atoms with Gasteiger partial charge in [-0.25, -0.2) is 17.1 Å². The average Bonchev–Trinajstić information content (AvgIpc) is 3.57. The fraction of sp³-hybridized carbons (Fsp3) is 0.270. The van der Waals surface area contributed by atoms with Crippen molar-refractivity contribution in [2.45, 2.75) is 44.3 Å². The number of sulfonamides is 1. The Morgan fingerprint density at radius 2 is 1.59 bits per heavy atom. The highest BCUT2D eigenvalue weighted by Crippen LogP contribution is 2.41. The first-order chi connectivity index (χ1) is 25.8. The second-order valence-corrected chi connectivity index (χ2v) is 13.7. The molecular formula is C37H38F4N4O8S. The van der Waals surface area contributed by atoms with Crippen LogP contribution in [0.3, 0.4) is 0 Å². The molecule has 2 atom stereocenters. The van der Waals surface area contributed by atoms with Crippen molar-refractivity contribution in [3.05, 3.63) is 120 Å². The maximum Gasteiger partial charge on any atom is 0.573 e. The first-order valence-corrected chi connectivity index (χ1v) is 18.1. The van der Waals surface area contributed by atoms with Crippen LogP contribution in [0.2, 0.25) is 0 Å². The van der Waals surface area contributed by atoms with Crippen molar-refractivity contribution in [1.29, 1.82) is 0 Å². The van der Waals surface area contributed by atoms with Gasteiger partial charge in [0, 0.05) is 26.1 Å². The Bertz CT molecular complexity index is 1970. The molecule has 0 bridgehead atoms. The Hall–Kier alpha value is -5.52. The number of aliphatic hydroxyl groups is 1. The molecule has 4 aromatic rings. The number of amides is 2. The summed E-state index contributed by atoms with van der Waals surface area (Å²) in [4.78, 5) is 37.0. The van der Waals surface area contributed by atoms with Crippen LogP contribution in [-0.4, -0.2) is 74.5 Å². The number of nitrogens with zero attached hydrogens (tertiary/aromatic N) is 2. The normalized spacial score (nSPS) is 14.0. The van der Waals surface area contributed by atoms with Crippen LogP contribution in [-0.2, 0) is 32.6 Å². The molecule has 1 aliphatic heterocycles. The summed E-state index contributed by atoms with van der Waals surface area (Å²) in [6, 6.07) is 23.7. The number of ether oxygens (including phenoxy) is 1. The molecule has 4 N–H and O–H groups in total. The van der Waals surface area contributed by atoms with Gasteiger partial charge in [0.15, 0.2) is 0 Å². The Labute approximate surface area is 309 Å². The number of carbonyl (C=O) groups is 3. The smallest absolute Gasteiger partial charge is 0.483 e.